The van der Waals surface area contributed by atoms with E-state index in [-0.39, 0.29) is 17.2 Å². The number of phenols is 1. The van der Waals surface area contributed by atoms with E-state index in [1.807, 2.05) is 45.0 Å². The Morgan fingerprint density at radius 1 is 1.18 bits per heavy atom. The highest BCUT2D eigenvalue weighted by Gasteiger charge is 2.35. The maximum atomic E-state index is 13.7. The van der Waals surface area contributed by atoms with Gasteiger partial charge in [0, 0.05) is 18.7 Å². The Labute approximate surface area is 201 Å². The average molecular weight is 478 g/mol. The van der Waals surface area contributed by atoms with Crippen LogP contribution in [0, 0.1) is 0 Å². The van der Waals surface area contributed by atoms with Gasteiger partial charge in [-0.3, -0.25) is 14.2 Å². The Bertz CT molecular complexity index is 1430. The molecule has 7 nitrogen and oxygen atoms in total. The molecule has 4 rings (SSSR count). The lowest BCUT2D eigenvalue weighted by molar-refractivity contribution is -0.127. The molecule has 1 N–H and O–H groups in total. The average Bonchev–Trinajstić information content (AvgIpc) is 3.14. The summed E-state index contributed by atoms with van der Waals surface area (Å²) in [7, 11) is 1.58. The number of methoxy groups -OCH3 is 1. The number of aromatic hydroxyl groups is 1. The first kappa shape index (κ1) is 23.5. The Kier molecular flexibility index (Phi) is 6.70. The number of hydrogen-bond acceptors (Lipinski definition) is 6. The molecule has 0 saturated heterocycles. The van der Waals surface area contributed by atoms with Crippen LogP contribution in [0.1, 0.15) is 37.9 Å². The number of para-hydroxylation sites is 1. The number of likely N-dealkylation sites (N-methyl/N-ethyl adjacent to an activating group) is 1. The Hall–Kier alpha value is -3.65. The Morgan fingerprint density at radius 3 is 2.50 bits per heavy atom. The van der Waals surface area contributed by atoms with Gasteiger partial charge in [-0.05, 0) is 50.6 Å². The minimum atomic E-state index is -0.664. The van der Waals surface area contributed by atoms with Gasteiger partial charge in [0.05, 0.1) is 22.9 Å². The molecule has 2 aromatic carbocycles. The van der Waals surface area contributed by atoms with Crippen molar-refractivity contribution in [3.63, 3.8) is 0 Å². The van der Waals surface area contributed by atoms with Crippen LogP contribution in [0.3, 0.4) is 0 Å². The van der Waals surface area contributed by atoms with Gasteiger partial charge in [-0.25, -0.2) is 4.99 Å². The molecule has 1 aromatic heterocycles. The molecule has 0 aliphatic carbocycles. The van der Waals surface area contributed by atoms with E-state index in [2.05, 4.69) is 4.99 Å². The number of benzene rings is 2. The molecule has 3 aromatic rings. The summed E-state index contributed by atoms with van der Waals surface area (Å²) < 4.78 is 7.71. The van der Waals surface area contributed by atoms with Gasteiger partial charge in [-0.1, -0.05) is 41.7 Å². The fraction of sp³-hybridized carbons (Fsp3) is 0.269. The van der Waals surface area contributed by atoms with Crippen LogP contribution in [0.4, 0.5) is 0 Å². The molecule has 0 bridgehead atoms. The highest BCUT2D eigenvalue weighted by Crippen LogP contribution is 2.35. The van der Waals surface area contributed by atoms with E-state index in [4.69, 9.17) is 4.74 Å². The first-order valence-electron chi connectivity index (χ1n) is 11.1. The summed E-state index contributed by atoms with van der Waals surface area (Å²) in [6.07, 6.45) is 1.77. The molecule has 176 valence electrons. The van der Waals surface area contributed by atoms with Crippen molar-refractivity contribution in [2.45, 2.75) is 26.8 Å². The quantitative estimate of drug-likeness (QED) is 0.592. The molecule has 0 saturated carbocycles. The molecule has 34 heavy (non-hydrogen) atoms. The Morgan fingerprint density at radius 2 is 1.85 bits per heavy atom. The standard InChI is InChI=1S/C26H27N3O4S/c1-5-28(6-2)25(32)22-16(3)27-26-29(23(22)19-9-7-8-10-20(19)33-4)24(31)21(34-26)15-17-11-13-18(30)14-12-17/h7-15,23,30H,5-6H2,1-4H3/b21-15+. The summed E-state index contributed by atoms with van der Waals surface area (Å²) >= 11 is 1.28. The molecular formula is C26H27N3O4S. The molecule has 8 heteroatoms. The van der Waals surface area contributed by atoms with Gasteiger partial charge in [0.15, 0.2) is 4.80 Å². The van der Waals surface area contributed by atoms with Crippen molar-refractivity contribution < 1.29 is 14.6 Å². The number of aromatic nitrogens is 1. The fourth-order valence-electron chi connectivity index (χ4n) is 4.18. The van der Waals surface area contributed by atoms with E-state index in [0.29, 0.717) is 39.4 Å². The van der Waals surface area contributed by atoms with Crippen molar-refractivity contribution in [3.8, 4) is 11.5 Å². The zero-order valence-corrected chi connectivity index (χ0v) is 20.4. The lowest BCUT2D eigenvalue weighted by atomic mass is 9.94. The second-order valence-corrected chi connectivity index (χ2v) is 8.90. The van der Waals surface area contributed by atoms with Crippen molar-refractivity contribution in [1.82, 2.24) is 9.47 Å². The predicted octanol–water partition coefficient (Wildman–Crippen LogP) is 2.82. The van der Waals surface area contributed by atoms with Crippen LogP contribution < -0.4 is 19.6 Å². The van der Waals surface area contributed by atoms with Crippen LogP contribution in [0.2, 0.25) is 0 Å². The summed E-state index contributed by atoms with van der Waals surface area (Å²) in [5.74, 6) is 0.611. The largest absolute Gasteiger partial charge is 0.508 e. The smallest absolute Gasteiger partial charge is 0.271 e. The molecule has 1 atom stereocenters. The summed E-state index contributed by atoms with van der Waals surface area (Å²) in [6, 6.07) is 13.4. The van der Waals surface area contributed by atoms with Gasteiger partial charge >= 0.3 is 0 Å². The van der Waals surface area contributed by atoms with E-state index in [1.54, 1.807) is 46.9 Å². The van der Waals surface area contributed by atoms with Crippen molar-refractivity contribution in [2.24, 2.45) is 4.99 Å². The van der Waals surface area contributed by atoms with Gasteiger partial charge in [-0.2, -0.15) is 0 Å². The lowest BCUT2D eigenvalue weighted by Gasteiger charge is -2.29. The number of carbonyl (C=O) groups is 1. The number of phenolic OH excluding ortho intramolecular Hbond substituents is 1. The molecule has 0 radical (unpaired) electrons. The third-order valence-corrected chi connectivity index (χ3v) is 6.91. The third kappa shape index (κ3) is 4.17. The zero-order valence-electron chi connectivity index (χ0n) is 19.6. The molecular weight excluding hydrogens is 450 g/mol. The minimum Gasteiger partial charge on any atom is -0.508 e. The number of ether oxygens (including phenoxy) is 1. The van der Waals surface area contributed by atoms with Crippen LogP contribution in [-0.4, -0.2) is 40.7 Å². The molecule has 1 aliphatic rings. The highest BCUT2D eigenvalue weighted by molar-refractivity contribution is 7.07. The Balaban J connectivity index is 1.99. The van der Waals surface area contributed by atoms with Crippen molar-refractivity contribution in [3.05, 3.63) is 90.6 Å². The number of rotatable bonds is 6. The number of fused-ring (bicyclic) bond motifs is 1. The first-order valence-corrected chi connectivity index (χ1v) is 11.9. The number of carbonyl (C=O) groups excluding carboxylic acids is 1. The van der Waals surface area contributed by atoms with E-state index >= 15 is 0 Å². The summed E-state index contributed by atoms with van der Waals surface area (Å²) in [6.45, 7) is 6.78. The van der Waals surface area contributed by atoms with Gasteiger partial charge in [0.2, 0.25) is 0 Å². The summed E-state index contributed by atoms with van der Waals surface area (Å²) in [5, 5.41) is 9.57. The summed E-state index contributed by atoms with van der Waals surface area (Å²) in [5.41, 5.74) is 2.34. The van der Waals surface area contributed by atoms with E-state index in [1.165, 1.54) is 11.3 Å². The van der Waals surface area contributed by atoms with Crippen LogP contribution in [0.25, 0.3) is 6.08 Å². The van der Waals surface area contributed by atoms with Crippen molar-refractivity contribution in [2.75, 3.05) is 20.2 Å². The van der Waals surface area contributed by atoms with E-state index in [0.717, 1.165) is 11.1 Å². The first-order chi connectivity index (χ1) is 16.4. The van der Waals surface area contributed by atoms with Crippen LogP contribution in [-0.2, 0) is 4.79 Å². The number of hydrogen-bond donors (Lipinski definition) is 1. The van der Waals surface area contributed by atoms with Crippen molar-refractivity contribution in [1.29, 1.82) is 0 Å². The lowest BCUT2D eigenvalue weighted by Crippen LogP contribution is -2.43. The number of nitrogens with zero attached hydrogens (tertiary/aromatic N) is 3. The minimum absolute atomic E-state index is 0.144. The second-order valence-electron chi connectivity index (χ2n) is 7.89. The summed E-state index contributed by atoms with van der Waals surface area (Å²) in [4.78, 5) is 34.3. The number of allylic oxidation sites excluding steroid dienone is 1. The van der Waals surface area contributed by atoms with Crippen LogP contribution in [0.5, 0.6) is 11.5 Å². The highest BCUT2D eigenvalue weighted by atomic mass is 32.1. The molecule has 1 aliphatic heterocycles. The van der Waals surface area contributed by atoms with Crippen LogP contribution in [0.15, 0.2) is 69.6 Å². The van der Waals surface area contributed by atoms with Gasteiger partial charge in [-0.15, -0.1) is 0 Å². The van der Waals surface area contributed by atoms with Gasteiger partial charge < -0.3 is 14.7 Å². The maximum Gasteiger partial charge on any atom is 0.271 e. The normalized spacial score (nSPS) is 15.6. The molecule has 0 fully saturated rings. The maximum absolute atomic E-state index is 13.7. The third-order valence-electron chi connectivity index (χ3n) is 5.93. The topological polar surface area (TPSA) is 84.1 Å². The SMILES string of the molecule is CCN(CC)C(=O)C1=C(C)N=c2s/c(=C/c3ccc(O)cc3)c(=O)n2C1c1ccccc1OC. The van der Waals surface area contributed by atoms with Gasteiger partial charge in [0.25, 0.3) is 11.5 Å². The number of amides is 1. The van der Waals surface area contributed by atoms with Crippen LogP contribution >= 0.6 is 11.3 Å². The predicted molar refractivity (Wildman–Crippen MR) is 133 cm³/mol. The molecule has 2 heterocycles. The monoisotopic (exact) mass is 477 g/mol. The second kappa shape index (κ2) is 9.69. The molecule has 1 unspecified atom stereocenters. The van der Waals surface area contributed by atoms with E-state index in [9.17, 15) is 14.7 Å². The molecule has 0 spiro atoms. The van der Waals surface area contributed by atoms with Crippen molar-refractivity contribution >= 4 is 23.3 Å². The van der Waals surface area contributed by atoms with Gasteiger partial charge in [0.1, 0.15) is 17.5 Å². The fourth-order valence-corrected chi connectivity index (χ4v) is 5.23. The number of thiazole rings is 1. The van der Waals surface area contributed by atoms with E-state index < -0.39 is 6.04 Å². The zero-order chi connectivity index (χ0) is 24.4. The molecule has 1 amide bonds.